The van der Waals surface area contributed by atoms with Gasteiger partial charge in [-0.15, -0.1) is 0 Å². The van der Waals surface area contributed by atoms with Crippen LogP contribution in [0.2, 0.25) is 0 Å². The molecule has 40 heavy (non-hydrogen) atoms. The number of sulfone groups is 1. The van der Waals surface area contributed by atoms with Crippen molar-refractivity contribution in [1.82, 2.24) is 15.0 Å². The van der Waals surface area contributed by atoms with Gasteiger partial charge in [-0.05, 0) is 51.2 Å². The summed E-state index contributed by atoms with van der Waals surface area (Å²) in [5, 5.41) is 16.1. The molecule has 0 amide bonds. The fourth-order valence-electron chi connectivity index (χ4n) is 5.09. The van der Waals surface area contributed by atoms with Gasteiger partial charge in [0.2, 0.25) is 0 Å². The van der Waals surface area contributed by atoms with E-state index in [1.807, 2.05) is 6.92 Å². The second-order valence-electron chi connectivity index (χ2n) is 10.6. The summed E-state index contributed by atoms with van der Waals surface area (Å²) in [5.41, 5.74) is 3.22. The molecule has 0 radical (unpaired) electrons. The average Bonchev–Trinajstić information content (AvgIpc) is 2.91. The van der Waals surface area contributed by atoms with Crippen molar-refractivity contribution < 1.29 is 27.9 Å². The van der Waals surface area contributed by atoms with E-state index in [2.05, 4.69) is 37.6 Å². The van der Waals surface area contributed by atoms with Crippen LogP contribution in [0.15, 0.2) is 12.1 Å². The number of aromatic nitrogens is 3. The third-order valence-corrected chi connectivity index (χ3v) is 8.26. The van der Waals surface area contributed by atoms with Gasteiger partial charge in [-0.2, -0.15) is 0 Å². The molecule has 0 aromatic carbocycles. The van der Waals surface area contributed by atoms with E-state index in [9.17, 15) is 23.1 Å². The molecule has 12 nitrogen and oxygen atoms in total. The number of carboxylic acid groups (broad SMARTS) is 1. The Morgan fingerprint density at radius 3 is 2.65 bits per heavy atom. The minimum Gasteiger partial charge on any atom is -0.481 e. The molecule has 2 aliphatic rings. The molecule has 13 heteroatoms. The van der Waals surface area contributed by atoms with Crippen molar-refractivity contribution in [3.63, 3.8) is 0 Å². The summed E-state index contributed by atoms with van der Waals surface area (Å²) in [7, 11) is -3.28. The number of ether oxygens (including phenoxy) is 1. The molecule has 0 spiro atoms. The monoisotopic (exact) mass is 574 g/mol. The number of rotatable bonds is 11. The van der Waals surface area contributed by atoms with E-state index < -0.39 is 27.7 Å². The summed E-state index contributed by atoms with van der Waals surface area (Å²) in [6, 6.07) is 4.36. The van der Waals surface area contributed by atoms with Crippen LogP contribution in [0.4, 0.5) is 17.5 Å². The number of carboxylic acids is 1. The predicted molar refractivity (Wildman–Crippen MR) is 152 cm³/mol. The van der Waals surface area contributed by atoms with E-state index in [4.69, 9.17) is 9.72 Å². The quantitative estimate of drug-likeness (QED) is 0.336. The Bertz CT molecular complexity index is 1340. The van der Waals surface area contributed by atoms with Crippen LogP contribution in [-0.2, 0) is 30.6 Å². The summed E-state index contributed by atoms with van der Waals surface area (Å²) >= 11 is 0. The van der Waals surface area contributed by atoms with Crippen molar-refractivity contribution >= 4 is 39.2 Å². The van der Waals surface area contributed by atoms with Crippen molar-refractivity contribution in [2.24, 2.45) is 5.92 Å². The standard InChI is InChI=1S/C27H38N6O6S/c1-17-24(29-16-21(27(35)36)15-23(34)39-13-14-40(3,37)38)30-18(2)31-26(17)33-11-8-19(9-12-33)22-7-6-20-5-4-10-28-25(20)32-22/h6-7,19,21H,4-5,8-16H2,1-3H3,(H,28,32)(H,35,36)(H,29,30,31)/t21-/m0/s1. The number of aliphatic carboxylic acids is 1. The van der Waals surface area contributed by atoms with Gasteiger partial charge in [0.15, 0.2) is 9.84 Å². The Kier molecular flexibility index (Phi) is 9.44. The molecule has 2 aliphatic heterocycles. The van der Waals surface area contributed by atoms with E-state index in [0.29, 0.717) is 17.6 Å². The van der Waals surface area contributed by atoms with Gasteiger partial charge in [0, 0.05) is 49.6 Å². The maximum absolute atomic E-state index is 12.1. The second kappa shape index (κ2) is 12.8. The molecule has 4 rings (SSSR count). The highest BCUT2D eigenvalue weighted by Gasteiger charge is 2.27. The number of nitrogens with zero attached hydrogens (tertiary/aromatic N) is 4. The van der Waals surface area contributed by atoms with E-state index in [1.165, 1.54) is 5.56 Å². The Hall–Kier alpha value is -3.48. The highest BCUT2D eigenvalue weighted by molar-refractivity contribution is 7.90. The van der Waals surface area contributed by atoms with Crippen molar-refractivity contribution in [3.8, 4) is 0 Å². The molecule has 1 saturated heterocycles. The van der Waals surface area contributed by atoms with E-state index in [-0.39, 0.29) is 25.3 Å². The zero-order valence-electron chi connectivity index (χ0n) is 23.3. The first-order valence-corrected chi connectivity index (χ1v) is 15.7. The molecular weight excluding hydrogens is 536 g/mol. The number of piperidine rings is 1. The molecule has 218 valence electrons. The first-order chi connectivity index (χ1) is 19.0. The van der Waals surface area contributed by atoms with Gasteiger partial charge in [-0.25, -0.2) is 23.4 Å². The number of esters is 1. The van der Waals surface area contributed by atoms with Crippen molar-refractivity contribution in [2.75, 3.05) is 60.3 Å². The fourth-order valence-corrected chi connectivity index (χ4v) is 5.47. The Labute approximate surface area is 234 Å². The van der Waals surface area contributed by atoms with Crippen LogP contribution in [0.3, 0.4) is 0 Å². The third-order valence-electron chi connectivity index (χ3n) is 7.36. The van der Waals surface area contributed by atoms with Gasteiger partial charge in [0.05, 0.1) is 18.1 Å². The van der Waals surface area contributed by atoms with E-state index >= 15 is 0 Å². The lowest BCUT2D eigenvalue weighted by atomic mass is 9.92. The molecule has 0 saturated carbocycles. The maximum atomic E-state index is 12.1. The average molecular weight is 575 g/mol. The van der Waals surface area contributed by atoms with Crippen LogP contribution >= 0.6 is 0 Å². The molecule has 2 aromatic rings. The molecule has 0 unspecified atom stereocenters. The van der Waals surface area contributed by atoms with Crippen LogP contribution in [0.25, 0.3) is 0 Å². The fraction of sp³-hybridized carbons (Fsp3) is 0.593. The first-order valence-electron chi connectivity index (χ1n) is 13.6. The number of hydrogen-bond donors (Lipinski definition) is 3. The number of hydrogen-bond acceptors (Lipinski definition) is 11. The normalized spacial score (nSPS) is 16.5. The largest absolute Gasteiger partial charge is 0.481 e. The summed E-state index contributed by atoms with van der Waals surface area (Å²) < 4.78 is 27.3. The van der Waals surface area contributed by atoms with Gasteiger partial charge >= 0.3 is 11.9 Å². The molecule has 0 bridgehead atoms. The lowest BCUT2D eigenvalue weighted by molar-refractivity contribution is -0.150. The van der Waals surface area contributed by atoms with Crippen LogP contribution in [0, 0.1) is 19.8 Å². The zero-order valence-corrected chi connectivity index (χ0v) is 24.1. The van der Waals surface area contributed by atoms with Gasteiger partial charge in [-0.3, -0.25) is 9.59 Å². The van der Waals surface area contributed by atoms with Crippen LogP contribution in [0.5, 0.6) is 0 Å². The van der Waals surface area contributed by atoms with E-state index in [0.717, 1.165) is 74.5 Å². The first kappa shape index (κ1) is 29.5. The third kappa shape index (κ3) is 7.80. The maximum Gasteiger partial charge on any atom is 0.308 e. The number of anilines is 3. The van der Waals surface area contributed by atoms with Gasteiger partial charge < -0.3 is 25.4 Å². The summed E-state index contributed by atoms with van der Waals surface area (Å²) in [4.78, 5) is 40.2. The van der Waals surface area contributed by atoms with Crippen LogP contribution < -0.4 is 15.5 Å². The highest BCUT2D eigenvalue weighted by Crippen LogP contribution is 2.33. The molecule has 0 aliphatic carbocycles. The lowest BCUT2D eigenvalue weighted by Crippen LogP contribution is -2.35. The van der Waals surface area contributed by atoms with Crippen LogP contribution in [0.1, 0.15) is 54.2 Å². The number of pyridine rings is 1. The molecule has 1 fully saturated rings. The molecule has 3 N–H and O–H groups in total. The topological polar surface area (TPSA) is 164 Å². The van der Waals surface area contributed by atoms with Crippen LogP contribution in [-0.4, -0.2) is 85.2 Å². The van der Waals surface area contributed by atoms with Crippen molar-refractivity contribution in [1.29, 1.82) is 0 Å². The molecule has 4 heterocycles. The Morgan fingerprint density at radius 2 is 1.95 bits per heavy atom. The number of fused-ring (bicyclic) bond motifs is 1. The summed E-state index contributed by atoms with van der Waals surface area (Å²) in [6.07, 6.45) is 4.75. The molecule has 1 atom stereocenters. The minimum atomic E-state index is -3.28. The number of carbonyl (C=O) groups is 2. The Morgan fingerprint density at radius 1 is 1.20 bits per heavy atom. The number of carbonyl (C=O) groups excluding carboxylic acids is 1. The van der Waals surface area contributed by atoms with Gasteiger partial charge in [0.1, 0.15) is 29.9 Å². The second-order valence-corrected chi connectivity index (χ2v) is 12.8. The van der Waals surface area contributed by atoms with Gasteiger partial charge in [-0.1, -0.05) is 6.07 Å². The zero-order chi connectivity index (χ0) is 28.9. The number of nitrogens with one attached hydrogen (secondary N) is 2. The van der Waals surface area contributed by atoms with Crippen molar-refractivity contribution in [3.05, 3.63) is 34.8 Å². The van der Waals surface area contributed by atoms with E-state index in [1.54, 1.807) is 6.92 Å². The Balaban J connectivity index is 1.36. The highest BCUT2D eigenvalue weighted by atomic mass is 32.2. The van der Waals surface area contributed by atoms with Crippen molar-refractivity contribution in [2.45, 2.75) is 51.9 Å². The molecular formula is C27H38N6O6S. The SMILES string of the molecule is Cc1nc(NC[C@H](CC(=O)OCCS(C)(=O)=O)C(=O)O)c(C)c(N2CCC(c3ccc4c(n3)NCCC4)CC2)n1. The smallest absolute Gasteiger partial charge is 0.308 e. The molecule has 2 aromatic heterocycles. The predicted octanol–water partition coefficient (Wildman–Crippen LogP) is 2.32. The number of aryl methyl sites for hydroxylation is 2. The lowest BCUT2D eigenvalue weighted by Gasteiger charge is -2.34. The van der Waals surface area contributed by atoms with Gasteiger partial charge in [0.25, 0.3) is 0 Å². The summed E-state index contributed by atoms with van der Waals surface area (Å²) in [6.45, 7) is 5.92. The minimum absolute atomic E-state index is 0.0483. The summed E-state index contributed by atoms with van der Waals surface area (Å²) in [5.74, 6) is -0.0341.